The third kappa shape index (κ3) is 5.66. The summed E-state index contributed by atoms with van der Waals surface area (Å²) in [5.74, 6) is -0.536. The first kappa shape index (κ1) is 20.1. The van der Waals surface area contributed by atoms with Crippen LogP contribution in [0.15, 0.2) is 59.5 Å². The molecule has 0 aliphatic carbocycles. The highest BCUT2D eigenvalue weighted by Gasteiger charge is 2.24. The minimum atomic E-state index is -3.79. The number of rotatable bonds is 8. The van der Waals surface area contributed by atoms with Gasteiger partial charge in [-0.25, -0.2) is 17.9 Å². The van der Waals surface area contributed by atoms with E-state index in [0.717, 1.165) is 5.56 Å². The van der Waals surface area contributed by atoms with Gasteiger partial charge in [0.15, 0.2) is 0 Å². The number of benzene rings is 2. The van der Waals surface area contributed by atoms with Crippen molar-refractivity contribution in [3.05, 3.63) is 65.7 Å². The van der Waals surface area contributed by atoms with Gasteiger partial charge in [-0.05, 0) is 49.6 Å². The number of aryl methyl sites for hydroxylation is 1. The van der Waals surface area contributed by atoms with Crippen LogP contribution in [0, 0.1) is 0 Å². The summed E-state index contributed by atoms with van der Waals surface area (Å²) in [7, 11) is -2.53. The van der Waals surface area contributed by atoms with E-state index in [-0.39, 0.29) is 17.0 Å². The number of ether oxygens (including phenoxy) is 1. The highest BCUT2D eigenvalue weighted by atomic mass is 32.2. The standard InChI is InChI=1S/C19H23NO5S/c1-19(22,13-12-15-6-4-3-5-7-15)14-20-26(23,24)17-10-8-16(9-11-17)18(21)25-2/h3-11,20,22H,12-14H2,1-2H3/t19-/m0/s1. The van der Waals surface area contributed by atoms with Gasteiger partial charge >= 0.3 is 5.97 Å². The van der Waals surface area contributed by atoms with Crippen LogP contribution in [0.25, 0.3) is 0 Å². The second-order valence-corrected chi connectivity index (χ2v) is 8.09. The zero-order valence-electron chi connectivity index (χ0n) is 14.8. The van der Waals surface area contributed by atoms with Crippen molar-refractivity contribution in [3.8, 4) is 0 Å². The van der Waals surface area contributed by atoms with Gasteiger partial charge < -0.3 is 9.84 Å². The molecule has 0 heterocycles. The van der Waals surface area contributed by atoms with E-state index in [1.54, 1.807) is 6.92 Å². The minimum Gasteiger partial charge on any atom is -0.465 e. The summed E-state index contributed by atoms with van der Waals surface area (Å²) < 4.78 is 31.7. The number of nitrogens with one attached hydrogen (secondary N) is 1. The molecule has 2 aromatic carbocycles. The molecule has 0 saturated carbocycles. The predicted molar refractivity (Wildman–Crippen MR) is 98.4 cm³/mol. The van der Waals surface area contributed by atoms with Crippen LogP contribution in [-0.2, 0) is 21.2 Å². The minimum absolute atomic E-state index is 0.0176. The number of esters is 1. The summed E-state index contributed by atoms with van der Waals surface area (Å²) in [6.45, 7) is 1.49. The molecule has 0 radical (unpaired) electrons. The van der Waals surface area contributed by atoms with Crippen molar-refractivity contribution < 1.29 is 23.1 Å². The molecule has 0 unspecified atom stereocenters. The second kappa shape index (κ2) is 8.44. The van der Waals surface area contributed by atoms with E-state index in [1.807, 2.05) is 30.3 Å². The third-order valence-corrected chi connectivity index (χ3v) is 5.44. The molecule has 0 fully saturated rings. The van der Waals surface area contributed by atoms with E-state index in [4.69, 9.17) is 0 Å². The number of carbonyl (C=O) groups excluding carboxylic acids is 1. The number of hydrogen-bond donors (Lipinski definition) is 2. The summed E-state index contributed by atoms with van der Waals surface area (Å²) in [5, 5.41) is 10.4. The summed E-state index contributed by atoms with van der Waals surface area (Å²) in [6.07, 6.45) is 1.06. The lowest BCUT2D eigenvalue weighted by atomic mass is 9.97. The monoisotopic (exact) mass is 377 g/mol. The van der Waals surface area contributed by atoms with Crippen LogP contribution in [-0.4, -0.2) is 38.7 Å². The second-order valence-electron chi connectivity index (χ2n) is 6.32. The van der Waals surface area contributed by atoms with Gasteiger partial charge in [0, 0.05) is 6.54 Å². The fourth-order valence-electron chi connectivity index (χ4n) is 2.37. The van der Waals surface area contributed by atoms with Crippen molar-refractivity contribution in [2.24, 2.45) is 0 Å². The fourth-order valence-corrected chi connectivity index (χ4v) is 3.53. The molecular formula is C19H23NO5S. The van der Waals surface area contributed by atoms with Crippen LogP contribution in [0.5, 0.6) is 0 Å². The maximum Gasteiger partial charge on any atom is 0.337 e. The molecule has 6 nitrogen and oxygen atoms in total. The lowest BCUT2D eigenvalue weighted by Crippen LogP contribution is -2.40. The molecule has 0 amide bonds. The van der Waals surface area contributed by atoms with E-state index in [1.165, 1.54) is 31.4 Å². The Bertz CT molecular complexity index is 830. The quantitative estimate of drug-likeness (QED) is 0.688. The summed E-state index contributed by atoms with van der Waals surface area (Å²) in [4.78, 5) is 11.4. The highest BCUT2D eigenvalue weighted by Crippen LogP contribution is 2.16. The van der Waals surface area contributed by atoms with Gasteiger partial charge in [-0.2, -0.15) is 0 Å². The van der Waals surface area contributed by atoms with Crippen molar-refractivity contribution in [2.45, 2.75) is 30.3 Å². The first-order valence-corrected chi connectivity index (χ1v) is 9.66. The van der Waals surface area contributed by atoms with Crippen LogP contribution in [0.4, 0.5) is 0 Å². The highest BCUT2D eigenvalue weighted by molar-refractivity contribution is 7.89. The zero-order chi connectivity index (χ0) is 19.2. The largest absolute Gasteiger partial charge is 0.465 e. The molecule has 0 spiro atoms. The van der Waals surface area contributed by atoms with Gasteiger partial charge in [0.1, 0.15) is 0 Å². The Morgan fingerprint density at radius 2 is 1.73 bits per heavy atom. The number of aliphatic hydroxyl groups is 1. The van der Waals surface area contributed by atoms with E-state index >= 15 is 0 Å². The van der Waals surface area contributed by atoms with Crippen molar-refractivity contribution in [1.29, 1.82) is 0 Å². The molecule has 2 aromatic rings. The maximum absolute atomic E-state index is 12.4. The number of methoxy groups -OCH3 is 1. The van der Waals surface area contributed by atoms with Gasteiger partial charge in [0.05, 0.1) is 23.2 Å². The van der Waals surface area contributed by atoms with Gasteiger partial charge in [-0.1, -0.05) is 30.3 Å². The van der Waals surface area contributed by atoms with Crippen LogP contribution in [0.3, 0.4) is 0 Å². The maximum atomic E-state index is 12.4. The third-order valence-electron chi connectivity index (χ3n) is 4.02. The zero-order valence-corrected chi connectivity index (χ0v) is 15.6. The van der Waals surface area contributed by atoms with E-state index in [9.17, 15) is 18.3 Å². The van der Waals surface area contributed by atoms with E-state index in [2.05, 4.69) is 9.46 Å². The fraction of sp³-hybridized carbons (Fsp3) is 0.316. The van der Waals surface area contributed by atoms with Crippen molar-refractivity contribution in [2.75, 3.05) is 13.7 Å². The molecular weight excluding hydrogens is 354 g/mol. The van der Waals surface area contributed by atoms with E-state index in [0.29, 0.717) is 12.8 Å². The molecule has 0 aliphatic heterocycles. The molecule has 140 valence electrons. The van der Waals surface area contributed by atoms with Gasteiger partial charge in [-0.3, -0.25) is 0 Å². The van der Waals surface area contributed by atoms with Crippen LogP contribution in [0.1, 0.15) is 29.3 Å². The van der Waals surface area contributed by atoms with Gasteiger partial charge in [-0.15, -0.1) is 0 Å². The lowest BCUT2D eigenvalue weighted by molar-refractivity contribution is 0.0564. The molecule has 26 heavy (non-hydrogen) atoms. The smallest absolute Gasteiger partial charge is 0.337 e. The molecule has 0 aliphatic rings. The molecule has 7 heteroatoms. The van der Waals surface area contributed by atoms with Crippen molar-refractivity contribution in [1.82, 2.24) is 4.72 Å². The lowest BCUT2D eigenvalue weighted by Gasteiger charge is -2.23. The van der Waals surface area contributed by atoms with Crippen molar-refractivity contribution in [3.63, 3.8) is 0 Å². The Hall–Kier alpha value is -2.22. The Morgan fingerprint density at radius 1 is 1.12 bits per heavy atom. The first-order valence-electron chi connectivity index (χ1n) is 8.18. The number of sulfonamides is 1. The molecule has 1 atom stereocenters. The van der Waals surface area contributed by atoms with E-state index < -0.39 is 21.6 Å². The predicted octanol–water partition coefficient (Wildman–Crippen LogP) is 2.14. The SMILES string of the molecule is COC(=O)c1ccc(S(=O)(=O)NC[C@@](C)(O)CCc2ccccc2)cc1. The summed E-state index contributed by atoms with van der Waals surface area (Å²) in [6, 6.07) is 15.1. The number of carbonyl (C=O) groups is 1. The molecule has 2 rings (SSSR count). The molecule has 2 N–H and O–H groups in total. The van der Waals surface area contributed by atoms with Crippen molar-refractivity contribution >= 4 is 16.0 Å². The van der Waals surface area contributed by atoms with Gasteiger partial charge in [0.25, 0.3) is 0 Å². The number of hydrogen-bond acceptors (Lipinski definition) is 5. The average Bonchev–Trinajstić information content (AvgIpc) is 2.65. The van der Waals surface area contributed by atoms with Gasteiger partial charge in [0.2, 0.25) is 10.0 Å². The Kier molecular flexibility index (Phi) is 6.52. The summed E-state index contributed by atoms with van der Waals surface area (Å²) >= 11 is 0. The average molecular weight is 377 g/mol. The molecule has 0 saturated heterocycles. The first-order chi connectivity index (χ1) is 12.2. The normalized spacial score (nSPS) is 13.8. The molecule has 0 aromatic heterocycles. The van der Waals surface area contributed by atoms with Crippen LogP contribution in [0.2, 0.25) is 0 Å². The Morgan fingerprint density at radius 3 is 2.31 bits per heavy atom. The summed E-state index contributed by atoms with van der Waals surface area (Å²) in [5.41, 5.74) is 0.157. The van der Waals surface area contributed by atoms with Crippen LogP contribution < -0.4 is 4.72 Å². The van der Waals surface area contributed by atoms with Crippen LogP contribution >= 0.6 is 0 Å². The topological polar surface area (TPSA) is 92.7 Å². The Balaban J connectivity index is 1.96. The Labute approximate surface area is 153 Å². The molecule has 0 bridgehead atoms.